The normalized spacial score (nSPS) is 13.2. The first-order valence-corrected chi connectivity index (χ1v) is 4.58. The molecule has 0 radical (unpaired) electrons. The lowest BCUT2D eigenvalue weighted by molar-refractivity contribution is -0.149. The van der Waals surface area contributed by atoms with Crippen LogP contribution in [0.25, 0.3) is 0 Å². The number of rotatable bonds is 3. The first kappa shape index (κ1) is 14.1. The molecule has 0 bridgehead atoms. The molecule has 1 unspecified atom stereocenters. The van der Waals surface area contributed by atoms with Crippen LogP contribution in [0.15, 0.2) is 12.1 Å². The van der Waals surface area contributed by atoms with E-state index >= 15 is 0 Å². The van der Waals surface area contributed by atoms with Crippen molar-refractivity contribution in [1.29, 1.82) is 0 Å². The highest BCUT2D eigenvalue weighted by atomic mass is 19.4. The predicted molar refractivity (Wildman–Crippen MR) is 52.3 cm³/mol. The number of phenols is 1. The van der Waals surface area contributed by atoms with Crippen LogP contribution in [0.2, 0.25) is 0 Å². The quantitative estimate of drug-likeness (QED) is 0.772. The summed E-state index contributed by atoms with van der Waals surface area (Å²) in [6.45, 7) is 0. The number of alkyl halides is 3. The van der Waals surface area contributed by atoms with E-state index in [1.807, 2.05) is 0 Å². The molecule has 1 aromatic rings. The number of aromatic hydroxyl groups is 1. The zero-order valence-corrected chi connectivity index (χ0v) is 9.02. The van der Waals surface area contributed by atoms with Crippen molar-refractivity contribution >= 4 is 5.97 Å². The summed E-state index contributed by atoms with van der Waals surface area (Å²) in [5, 5.41) is 27.3. The lowest BCUT2D eigenvalue weighted by atomic mass is 10.00. The molecule has 0 amide bonds. The van der Waals surface area contributed by atoms with Gasteiger partial charge in [0.2, 0.25) is 0 Å². The molecule has 1 aromatic carbocycles. The van der Waals surface area contributed by atoms with E-state index < -0.39 is 35.1 Å². The lowest BCUT2D eigenvalue weighted by Crippen LogP contribution is -2.18. The van der Waals surface area contributed by atoms with Gasteiger partial charge < -0.3 is 20.1 Å². The Morgan fingerprint density at radius 2 is 1.94 bits per heavy atom. The number of carboxylic acids is 1. The molecular weight excluding hydrogens is 257 g/mol. The van der Waals surface area contributed by atoms with Crippen molar-refractivity contribution in [3.8, 4) is 11.5 Å². The molecule has 0 fully saturated rings. The first-order chi connectivity index (χ1) is 8.20. The van der Waals surface area contributed by atoms with Crippen molar-refractivity contribution in [2.24, 2.45) is 0 Å². The summed E-state index contributed by atoms with van der Waals surface area (Å²) in [6, 6.07) is 1.36. The molecular formula is C10H9F3O5. The van der Waals surface area contributed by atoms with Crippen LogP contribution in [0.5, 0.6) is 11.5 Å². The second-order valence-corrected chi connectivity index (χ2v) is 3.32. The molecule has 3 N–H and O–H groups in total. The maximum absolute atomic E-state index is 12.6. The largest absolute Gasteiger partial charge is 0.504 e. The molecule has 5 nitrogen and oxygen atoms in total. The number of aliphatic hydroxyl groups is 1. The number of hydrogen-bond acceptors (Lipinski definition) is 4. The van der Waals surface area contributed by atoms with E-state index in [9.17, 15) is 28.2 Å². The Kier molecular flexibility index (Phi) is 3.70. The number of hydrogen-bond donors (Lipinski definition) is 3. The Bertz CT molecular complexity index is 469. The topological polar surface area (TPSA) is 87.0 Å². The molecule has 18 heavy (non-hydrogen) atoms. The second-order valence-electron chi connectivity index (χ2n) is 3.32. The van der Waals surface area contributed by atoms with E-state index in [4.69, 9.17) is 5.11 Å². The second kappa shape index (κ2) is 4.73. The summed E-state index contributed by atoms with van der Waals surface area (Å²) < 4.78 is 42.5. The van der Waals surface area contributed by atoms with E-state index in [2.05, 4.69) is 4.74 Å². The standard InChI is InChI=1S/C10H9F3O5/c1-18-5-3-2-4(10(11,12)13)6(7(5)14)8(15)9(16)17/h2-3,8,14-15H,1H3,(H,16,17). The molecule has 1 rings (SSSR count). The molecule has 0 heterocycles. The maximum Gasteiger partial charge on any atom is 0.416 e. The van der Waals surface area contributed by atoms with Crippen LogP contribution in [0.1, 0.15) is 17.2 Å². The predicted octanol–water partition coefficient (Wildman–Crippen LogP) is 1.54. The fourth-order valence-corrected chi connectivity index (χ4v) is 1.40. The van der Waals surface area contributed by atoms with Gasteiger partial charge in [0, 0.05) is 5.56 Å². The lowest BCUT2D eigenvalue weighted by Gasteiger charge is -2.18. The first-order valence-electron chi connectivity index (χ1n) is 4.58. The summed E-state index contributed by atoms with van der Waals surface area (Å²) in [5.74, 6) is -3.33. The van der Waals surface area contributed by atoms with E-state index in [0.717, 1.165) is 13.2 Å². The smallest absolute Gasteiger partial charge is 0.416 e. The summed E-state index contributed by atoms with van der Waals surface area (Å²) in [4.78, 5) is 10.6. The fourth-order valence-electron chi connectivity index (χ4n) is 1.40. The molecule has 100 valence electrons. The molecule has 0 aromatic heterocycles. The number of carboxylic acid groups (broad SMARTS) is 1. The Balaban J connectivity index is 3.55. The highest BCUT2D eigenvalue weighted by Crippen LogP contribution is 2.43. The number of carbonyl (C=O) groups is 1. The number of aliphatic carboxylic acids is 1. The maximum atomic E-state index is 12.6. The summed E-state index contributed by atoms with van der Waals surface area (Å²) in [6.07, 6.45) is -7.41. The average Bonchev–Trinajstić information content (AvgIpc) is 2.26. The number of benzene rings is 1. The van der Waals surface area contributed by atoms with Gasteiger partial charge in [-0.15, -0.1) is 0 Å². The Hall–Kier alpha value is -1.96. The number of halogens is 3. The summed E-state index contributed by atoms with van der Waals surface area (Å²) >= 11 is 0. The van der Waals surface area contributed by atoms with Gasteiger partial charge in [0.25, 0.3) is 0 Å². The van der Waals surface area contributed by atoms with Crippen LogP contribution in [-0.4, -0.2) is 28.4 Å². The van der Waals surface area contributed by atoms with Crippen molar-refractivity contribution in [2.45, 2.75) is 12.3 Å². The van der Waals surface area contributed by atoms with E-state index in [-0.39, 0.29) is 5.75 Å². The van der Waals surface area contributed by atoms with E-state index in [0.29, 0.717) is 6.07 Å². The molecule has 0 aliphatic carbocycles. The molecule has 0 aliphatic heterocycles. The zero-order valence-electron chi connectivity index (χ0n) is 9.02. The molecule has 1 atom stereocenters. The van der Waals surface area contributed by atoms with Gasteiger partial charge in [-0.25, -0.2) is 4.79 Å². The van der Waals surface area contributed by atoms with Crippen LogP contribution in [0, 0.1) is 0 Å². The minimum absolute atomic E-state index is 0.363. The van der Waals surface area contributed by atoms with Gasteiger partial charge in [-0.3, -0.25) is 0 Å². The minimum atomic E-state index is -4.91. The van der Waals surface area contributed by atoms with Gasteiger partial charge in [-0.2, -0.15) is 13.2 Å². The van der Waals surface area contributed by atoms with Crippen LogP contribution >= 0.6 is 0 Å². The monoisotopic (exact) mass is 266 g/mol. The van der Waals surface area contributed by atoms with Gasteiger partial charge in [-0.05, 0) is 12.1 Å². The van der Waals surface area contributed by atoms with Crippen molar-refractivity contribution in [1.82, 2.24) is 0 Å². The van der Waals surface area contributed by atoms with E-state index in [1.165, 1.54) is 0 Å². The van der Waals surface area contributed by atoms with Crippen molar-refractivity contribution in [2.75, 3.05) is 7.11 Å². The van der Waals surface area contributed by atoms with Crippen molar-refractivity contribution < 1.29 is 38.0 Å². The molecule has 0 saturated heterocycles. The SMILES string of the molecule is COc1ccc(C(F)(F)F)c(C(O)C(=O)O)c1O. The zero-order chi connectivity index (χ0) is 14.1. The number of ether oxygens (including phenoxy) is 1. The van der Waals surface area contributed by atoms with Crippen molar-refractivity contribution in [3.63, 3.8) is 0 Å². The van der Waals surface area contributed by atoms with E-state index in [1.54, 1.807) is 0 Å². The Morgan fingerprint density at radius 3 is 2.33 bits per heavy atom. The van der Waals surface area contributed by atoms with Gasteiger partial charge in [0.1, 0.15) is 0 Å². The van der Waals surface area contributed by atoms with Crippen LogP contribution in [-0.2, 0) is 11.0 Å². The van der Waals surface area contributed by atoms with Gasteiger partial charge in [-0.1, -0.05) is 0 Å². The number of phenolic OH excluding ortho intramolecular Hbond substituents is 1. The third-order valence-electron chi connectivity index (χ3n) is 2.21. The minimum Gasteiger partial charge on any atom is -0.504 e. The molecule has 0 spiro atoms. The highest BCUT2D eigenvalue weighted by Gasteiger charge is 2.39. The fraction of sp³-hybridized carbons (Fsp3) is 0.300. The number of methoxy groups -OCH3 is 1. The van der Waals surface area contributed by atoms with Gasteiger partial charge in [0.15, 0.2) is 17.6 Å². The number of aliphatic hydroxyl groups excluding tert-OH is 1. The third kappa shape index (κ3) is 2.48. The molecule has 8 heteroatoms. The molecule has 0 saturated carbocycles. The van der Waals surface area contributed by atoms with Crippen LogP contribution in [0.4, 0.5) is 13.2 Å². The average molecular weight is 266 g/mol. The van der Waals surface area contributed by atoms with Crippen molar-refractivity contribution in [3.05, 3.63) is 23.3 Å². The Morgan fingerprint density at radius 1 is 1.39 bits per heavy atom. The van der Waals surface area contributed by atoms with Crippen LogP contribution in [0.3, 0.4) is 0 Å². The third-order valence-corrected chi connectivity index (χ3v) is 2.21. The highest BCUT2D eigenvalue weighted by molar-refractivity contribution is 5.76. The summed E-state index contributed by atoms with van der Waals surface area (Å²) in [7, 11) is 1.08. The van der Waals surface area contributed by atoms with Gasteiger partial charge in [0.05, 0.1) is 12.7 Å². The molecule has 0 aliphatic rings. The van der Waals surface area contributed by atoms with Gasteiger partial charge >= 0.3 is 12.1 Å². The summed E-state index contributed by atoms with van der Waals surface area (Å²) in [5.41, 5.74) is -2.58. The van der Waals surface area contributed by atoms with Crippen LogP contribution < -0.4 is 4.74 Å². The Labute approximate surface area is 99.0 Å².